The van der Waals surface area contributed by atoms with E-state index in [4.69, 9.17) is 11.6 Å². The summed E-state index contributed by atoms with van der Waals surface area (Å²) in [5.74, 6) is 1.61. The Kier molecular flexibility index (Phi) is 3.08. The average molecular weight is 262 g/mol. The molecule has 1 fully saturated rings. The van der Waals surface area contributed by atoms with Crippen LogP contribution in [-0.2, 0) is 0 Å². The smallest absolute Gasteiger partial charge is 0.224 e. The van der Waals surface area contributed by atoms with Gasteiger partial charge in [-0.2, -0.15) is 0 Å². The van der Waals surface area contributed by atoms with Crippen LogP contribution in [0.25, 0.3) is 10.9 Å². The summed E-state index contributed by atoms with van der Waals surface area (Å²) in [6, 6.07) is 8.39. The van der Waals surface area contributed by atoms with Crippen molar-refractivity contribution >= 4 is 28.3 Å². The molecule has 1 aromatic heterocycles. The van der Waals surface area contributed by atoms with Crippen LogP contribution in [-0.4, -0.2) is 16.0 Å². The van der Waals surface area contributed by atoms with Gasteiger partial charge in [0.25, 0.3) is 0 Å². The minimum absolute atomic E-state index is 0.303. The molecule has 0 saturated heterocycles. The Morgan fingerprint density at radius 1 is 1.28 bits per heavy atom. The number of hydrogen-bond donors (Lipinski definition) is 1. The summed E-state index contributed by atoms with van der Waals surface area (Å²) in [5, 5.41) is 4.83. The van der Waals surface area contributed by atoms with Crippen molar-refractivity contribution in [3.8, 4) is 0 Å². The van der Waals surface area contributed by atoms with Crippen LogP contribution in [0.5, 0.6) is 0 Å². The first-order valence-corrected chi connectivity index (χ1v) is 6.80. The fourth-order valence-corrected chi connectivity index (χ4v) is 2.61. The molecule has 0 aliphatic heterocycles. The SMILES string of the molecule is CC(Nc1nc(Cl)nc2ccccc12)C1CCC1. The number of benzene rings is 1. The second-order valence-electron chi connectivity index (χ2n) is 4.98. The van der Waals surface area contributed by atoms with Crippen LogP contribution in [0.4, 0.5) is 5.82 Å². The van der Waals surface area contributed by atoms with Crippen LogP contribution in [0.15, 0.2) is 24.3 Å². The first kappa shape index (κ1) is 11.7. The molecule has 1 atom stereocenters. The molecule has 0 spiro atoms. The van der Waals surface area contributed by atoms with Gasteiger partial charge in [-0.05, 0) is 49.4 Å². The van der Waals surface area contributed by atoms with Crippen molar-refractivity contribution in [3.63, 3.8) is 0 Å². The highest BCUT2D eigenvalue weighted by Crippen LogP contribution is 2.32. The van der Waals surface area contributed by atoms with Crippen molar-refractivity contribution in [1.82, 2.24) is 9.97 Å². The second kappa shape index (κ2) is 4.73. The van der Waals surface area contributed by atoms with Gasteiger partial charge in [0.1, 0.15) is 5.82 Å². The summed E-state index contributed by atoms with van der Waals surface area (Å²) in [4.78, 5) is 8.56. The highest BCUT2D eigenvalue weighted by molar-refractivity contribution is 6.28. The minimum atomic E-state index is 0.303. The summed E-state index contributed by atoms with van der Waals surface area (Å²) in [5.41, 5.74) is 0.890. The van der Waals surface area contributed by atoms with Gasteiger partial charge in [0, 0.05) is 11.4 Å². The van der Waals surface area contributed by atoms with E-state index < -0.39 is 0 Å². The van der Waals surface area contributed by atoms with Gasteiger partial charge in [-0.25, -0.2) is 9.97 Å². The van der Waals surface area contributed by atoms with Gasteiger partial charge in [0.05, 0.1) is 5.52 Å². The van der Waals surface area contributed by atoms with E-state index in [1.54, 1.807) is 0 Å². The molecule has 1 heterocycles. The molecular formula is C14H16ClN3. The Morgan fingerprint density at radius 3 is 2.78 bits per heavy atom. The number of nitrogens with zero attached hydrogens (tertiary/aromatic N) is 2. The number of rotatable bonds is 3. The van der Waals surface area contributed by atoms with Crippen molar-refractivity contribution in [3.05, 3.63) is 29.5 Å². The van der Waals surface area contributed by atoms with Crippen molar-refractivity contribution in [2.75, 3.05) is 5.32 Å². The second-order valence-corrected chi connectivity index (χ2v) is 5.32. The number of para-hydroxylation sites is 1. The maximum atomic E-state index is 5.97. The molecule has 1 N–H and O–H groups in total. The van der Waals surface area contributed by atoms with E-state index in [2.05, 4.69) is 22.2 Å². The van der Waals surface area contributed by atoms with Crippen molar-refractivity contribution in [2.24, 2.45) is 5.92 Å². The highest BCUT2D eigenvalue weighted by atomic mass is 35.5. The zero-order valence-electron chi connectivity index (χ0n) is 10.4. The molecule has 0 amide bonds. The van der Waals surface area contributed by atoms with Gasteiger partial charge >= 0.3 is 0 Å². The molecule has 3 rings (SSSR count). The van der Waals surface area contributed by atoms with Gasteiger partial charge in [-0.15, -0.1) is 0 Å². The van der Waals surface area contributed by atoms with E-state index in [0.29, 0.717) is 11.3 Å². The first-order valence-electron chi connectivity index (χ1n) is 6.43. The molecule has 0 radical (unpaired) electrons. The number of fused-ring (bicyclic) bond motifs is 1. The normalized spacial score (nSPS) is 17.4. The predicted octanol–water partition coefficient (Wildman–Crippen LogP) is 3.88. The van der Waals surface area contributed by atoms with Gasteiger partial charge in [-0.3, -0.25) is 0 Å². The number of nitrogens with one attached hydrogen (secondary N) is 1. The van der Waals surface area contributed by atoms with Crippen LogP contribution in [0.3, 0.4) is 0 Å². The van der Waals surface area contributed by atoms with Crippen molar-refractivity contribution < 1.29 is 0 Å². The van der Waals surface area contributed by atoms with Crippen molar-refractivity contribution in [1.29, 1.82) is 0 Å². The van der Waals surface area contributed by atoms with Gasteiger partial charge < -0.3 is 5.32 Å². The molecular weight excluding hydrogens is 246 g/mol. The molecule has 1 aliphatic rings. The topological polar surface area (TPSA) is 37.8 Å². The van der Waals surface area contributed by atoms with Crippen LogP contribution in [0, 0.1) is 5.92 Å². The third-order valence-electron chi connectivity index (χ3n) is 3.80. The van der Waals surface area contributed by atoms with E-state index >= 15 is 0 Å². The standard InChI is InChI=1S/C14H16ClN3/c1-9(10-5-4-6-10)16-13-11-7-2-3-8-12(11)17-14(15)18-13/h2-3,7-10H,4-6H2,1H3,(H,16,17,18). The Bertz CT molecular complexity index is 566. The first-order chi connectivity index (χ1) is 8.74. The largest absolute Gasteiger partial charge is 0.367 e. The van der Waals surface area contributed by atoms with Crippen LogP contribution >= 0.6 is 11.6 Å². The zero-order chi connectivity index (χ0) is 12.5. The van der Waals surface area contributed by atoms with E-state index in [0.717, 1.165) is 22.6 Å². The van der Waals surface area contributed by atoms with Gasteiger partial charge in [-0.1, -0.05) is 18.6 Å². The third-order valence-corrected chi connectivity index (χ3v) is 3.97. The Balaban J connectivity index is 1.94. The van der Waals surface area contributed by atoms with Gasteiger partial charge in [0.15, 0.2) is 0 Å². The van der Waals surface area contributed by atoms with Crippen LogP contribution < -0.4 is 5.32 Å². The fraction of sp³-hybridized carbons (Fsp3) is 0.429. The lowest BCUT2D eigenvalue weighted by molar-refractivity contribution is 0.285. The lowest BCUT2D eigenvalue weighted by Crippen LogP contribution is -2.31. The molecule has 18 heavy (non-hydrogen) atoms. The minimum Gasteiger partial charge on any atom is -0.367 e. The quantitative estimate of drug-likeness (QED) is 0.852. The molecule has 4 heteroatoms. The van der Waals surface area contributed by atoms with E-state index in [1.807, 2.05) is 24.3 Å². The molecule has 1 aromatic carbocycles. The third kappa shape index (κ3) is 2.15. The Labute approximate surface area is 112 Å². The molecule has 2 aromatic rings. The Hall–Kier alpha value is -1.35. The lowest BCUT2D eigenvalue weighted by atomic mass is 9.80. The predicted molar refractivity (Wildman–Crippen MR) is 75.0 cm³/mol. The number of aromatic nitrogens is 2. The summed E-state index contributed by atoms with van der Waals surface area (Å²) in [7, 11) is 0. The maximum Gasteiger partial charge on any atom is 0.224 e. The van der Waals surface area contributed by atoms with E-state index in [9.17, 15) is 0 Å². The summed E-state index contributed by atoms with van der Waals surface area (Å²) in [6.45, 7) is 2.22. The Morgan fingerprint density at radius 2 is 2.06 bits per heavy atom. The zero-order valence-corrected chi connectivity index (χ0v) is 11.1. The summed E-state index contributed by atoms with van der Waals surface area (Å²) in [6.07, 6.45) is 3.97. The molecule has 1 aliphatic carbocycles. The van der Waals surface area contributed by atoms with E-state index in [-0.39, 0.29) is 0 Å². The number of halogens is 1. The van der Waals surface area contributed by atoms with E-state index in [1.165, 1.54) is 19.3 Å². The number of hydrogen-bond acceptors (Lipinski definition) is 3. The number of anilines is 1. The average Bonchev–Trinajstić information content (AvgIpc) is 2.26. The summed E-state index contributed by atoms with van der Waals surface area (Å²) < 4.78 is 0. The molecule has 94 valence electrons. The van der Waals surface area contributed by atoms with Crippen LogP contribution in [0.2, 0.25) is 5.28 Å². The fourth-order valence-electron chi connectivity index (χ4n) is 2.43. The lowest BCUT2D eigenvalue weighted by Gasteiger charge is -2.32. The molecule has 1 saturated carbocycles. The highest BCUT2D eigenvalue weighted by Gasteiger charge is 2.24. The monoisotopic (exact) mass is 261 g/mol. The maximum absolute atomic E-state index is 5.97. The van der Waals surface area contributed by atoms with Crippen LogP contribution in [0.1, 0.15) is 26.2 Å². The van der Waals surface area contributed by atoms with Gasteiger partial charge in [0.2, 0.25) is 5.28 Å². The summed E-state index contributed by atoms with van der Waals surface area (Å²) >= 11 is 5.97. The molecule has 1 unspecified atom stereocenters. The molecule has 0 bridgehead atoms. The molecule has 3 nitrogen and oxygen atoms in total. The van der Waals surface area contributed by atoms with Crippen molar-refractivity contribution in [2.45, 2.75) is 32.2 Å².